The molecule has 0 saturated carbocycles. The number of carboxylic acid groups (broad SMARTS) is 1. The van der Waals surface area contributed by atoms with Gasteiger partial charge in [0.15, 0.2) is 0 Å². The molecule has 1 aliphatic heterocycles. The Morgan fingerprint density at radius 3 is 2.75 bits per heavy atom. The van der Waals surface area contributed by atoms with E-state index in [1.807, 2.05) is 0 Å². The topological polar surface area (TPSA) is 66.4 Å². The maximum atomic E-state index is 11.5. The molecule has 0 bridgehead atoms. The lowest BCUT2D eigenvalue weighted by Gasteiger charge is -2.09. The fourth-order valence-electron chi connectivity index (χ4n) is 1.86. The van der Waals surface area contributed by atoms with Crippen LogP contribution in [-0.2, 0) is 4.79 Å². The van der Waals surface area contributed by atoms with Crippen molar-refractivity contribution >= 4 is 29.2 Å². The Morgan fingerprint density at radius 2 is 2.19 bits per heavy atom. The Morgan fingerprint density at radius 1 is 1.56 bits per heavy atom. The predicted octanol–water partition coefficient (Wildman–Crippen LogP) is 2.40. The quantitative estimate of drug-likeness (QED) is 0.791. The summed E-state index contributed by atoms with van der Waals surface area (Å²) in [6.07, 6.45) is 0. The first kappa shape index (κ1) is 11.0. The van der Waals surface area contributed by atoms with Gasteiger partial charge in [0.2, 0.25) is 5.91 Å². The van der Waals surface area contributed by atoms with Crippen molar-refractivity contribution in [1.29, 1.82) is 0 Å². The smallest absolute Gasteiger partial charge is 0.337 e. The molecule has 0 aliphatic carbocycles. The number of hydrogen-bond donors (Lipinski definition) is 2. The third kappa shape index (κ3) is 1.38. The zero-order valence-electron chi connectivity index (χ0n) is 8.80. The van der Waals surface area contributed by atoms with E-state index in [4.69, 9.17) is 16.7 Å². The predicted molar refractivity (Wildman–Crippen MR) is 60.2 cm³/mol. The van der Waals surface area contributed by atoms with Gasteiger partial charge in [-0.15, -0.1) is 0 Å². The molecule has 1 atom stereocenters. The third-order valence-corrected chi connectivity index (χ3v) is 3.35. The number of fused-ring (bicyclic) bond motifs is 1. The average molecular weight is 240 g/mol. The largest absolute Gasteiger partial charge is 0.478 e. The van der Waals surface area contributed by atoms with Crippen molar-refractivity contribution in [2.45, 2.75) is 19.8 Å². The van der Waals surface area contributed by atoms with E-state index in [1.165, 1.54) is 6.07 Å². The molecular formula is C11H10ClNO3. The van der Waals surface area contributed by atoms with E-state index >= 15 is 0 Å². The lowest BCUT2D eigenvalue weighted by Crippen LogP contribution is -2.08. The van der Waals surface area contributed by atoms with E-state index in [1.54, 1.807) is 13.8 Å². The third-order valence-electron chi connectivity index (χ3n) is 2.87. The summed E-state index contributed by atoms with van der Waals surface area (Å²) >= 11 is 5.94. The minimum Gasteiger partial charge on any atom is -0.478 e. The van der Waals surface area contributed by atoms with Crippen LogP contribution >= 0.6 is 11.6 Å². The molecular weight excluding hydrogens is 230 g/mol. The number of hydrogen-bond acceptors (Lipinski definition) is 2. The summed E-state index contributed by atoms with van der Waals surface area (Å²) in [5.74, 6) is -1.54. The average Bonchev–Trinajstić information content (AvgIpc) is 2.50. The van der Waals surface area contributed by atoms with Gasteiger partial charge >= 0.3 is 5.97 Å². The van der Waals surface area contributed by atoms with Crippen LogP contribution in [0.2, 0.25) is 5.02 Å². The van der Waals surface area contributed by atoms with Crippen LogP contribution in [0.25, 0.3) is 0 Å². The standard InChI is InChI=1S/C11H10ClNO3/c1-4-6-3-7(11(15)16)8(12)5(2)9(6)13-10(4)14/h3-4H,1-2H3,(H,13,14)(H,15,16). The number of anilines is 1. The first-order valence-electron chi connectivity index (χ1n) is 4.80. The molecule has 2 rings (SSSR count). The van der Waals surface area contributed by atoms with Gasteiger partial charge in [-0.25, -0.2) is 4.79 Å². The molecule has 0 spiro atoms. The van der Waals surface area contributed by atoms with Gasteiger partial charge in [0.05, 0.1) is 16.5 Å². The summed E-state index contributed by atoms with van der Waals surface area (Å²) in [5, 5.41) is 11.9. The van der Waals surface area contributed by atoms with Gasteiger partial charge in [-0.05, 0) is 31.0 Å². The number of aromatic carboxylic acids is 1. The Labute approximate surface area is 97.2 Å². The summed E-state index contributed by atoms with van der Waals surface area (Å²) in [6.45, 7) is 3.44. The fraction of sp³-hybridized carbons (Fsp3) is 0.273. The fourth-order valence-corrected chi connectivity index (χ4v) is 2.08. The number of rotatable bonds is 1. The molecule has 16 heavy (non-hydrogen) atoms. The first-order valence-corrected chi connectivity index (χ1v) is 5.18. The van der Waals surface area contributed by atoms with Crippen molar-refractivity contribution in [3.05, 3.63) is 27.8 Å². The molecule has 0 saturated heterocycles. The molecule has 1 aromatic carbocycles. The van der Waals surface area contributed by atoms with E-state index in [-0.39, 0.29) is 22.4 Å². The van der Waals surface area contributed by atoms with E-state index < -0.39 is 5.97 Å². The number of carbonyl (C=O) groups excluding carboxylic acids is 1. The highest BCUT2D eigenvalue weighted by atomic mass is 35.5. The van der Waals surface area contributed by atoms with Gasteiger partial charge in [0, 0.05) is 5.69 Å². The zero-order valence-corrected chi connectivity index (χ0v) is 9.55. The van der Waals surface area contributed by atoms with Crippen LogP contribution in [0.3, 0.4) is 0 Å². The van der Waals surface area contributed by atoms with Crippen molar-refractivity contribution in [3.8, 4) is 0 Å². The van der Waals surface area contributed by atoms with E-state index in [9.17, 15) is 9.59 Å². The molecule has 0 aromatic heterocycles. The second-order valence-corrected chi connectivity index (χ2v) is 4.22. The lowest BCUT2D eigenvalue weighted by atomic mass is 9.97. The molecule has 1 unspecified atom stereocenters. The van der Waals surface area contributed by atoms with Crippen LogP contribution in [0.4, 0.5) is 5.69 Å². The van der Waals surface area contributed by atoms with Crippen molar-refractivity contribution in [3.63, 3.8) is 0 Å². The van der Waals surface area contributed by atoms with Crippen molar-refractivity contribution in [2.75, 3.05) is 5.32 Å². The number of benzene rings is 1. The minimum absolute atomic E-state index is 0.0428. The normalized spacial score (nSPS) is 18.2. The monoisotopic (exact) mass is 239 g/mol. The summed E-state index contributed by atoms with van der Waals surface area (Å²) in [7, 11) is 0. The van der Waals surface area contributed by atoms with Crippen LogP contribution in [0.15, 0.2) is 6.07 Å². The highest BCUT2D eigenvalue weighted by Crippen LogP contribution is 2.39. The van der Waals surface area contributed by atoms with Gasteiger partial charge in [-0.1, -0.05) is 11.6 Å². The maximum Gasteiger partial charge on any atom is 0.337 e. The number of amides is 1. The van der Waals surface area contributed by atoms with E-state index in [0.29, 0.717) is 16.8 Å². The van der Waals surface area contributed by atoms with Gasteiger partial charge in [-0.2, -0.15) is 0 Å². The molecule has 1 aliphatic rings. The molecule has 1 amide bonds. The first-order chi connectivity index (χ1) is 7.43. The summed E-state index contributed by atoms with van der Waals surface area (Å²) in [6, 6.07) is 1.47. The second kappa shape index (κ2) is 3.49. The highest BCUT2D eigenvalue weighted by Gasteiger charge is 2.30. The van der Waals surface area contributed by atoms with Crippen LogP contribution in [-0.4, -0.2) is 17.0 Å². The van der Waals surface area contributed by atoms with Crippen LogP contribution in [0.5, 0.6) is 0 Å². The molecule has 4 nitrogen and oxygen atoms in total. The van der Waals surface area contributed by atoms with Gasteiger partial charge in [-0.3, -0.25) is 4.79 Å². The summed E-state index contributed by atoms with van der Waals surface area (Å²) in [4.78, 5) is 22.4. The van der Waals surface area contributed by atoms with Crippen molar-refractivity contribution in [1.82, 2.24) is 0 Å². The minimum atomic E-state index is -1.08. The van der Waals surface area contributed by atoms with Crippen LogP contribution < -0.4 is 5.32 Å². The Hall–Kier alpha value is -1.55. The van der Waals surface area contributed by atoms with Crippen LogP contribution in [0.1, 0.15) is 34.3 Å². The number of carboxylic acids is 1. The Kier molecular flexibility index (Phi) is 2.39. The SMILES string of the molecule is Cc1c(Cl)c(C(=O)O)cc2c1NC(=O)C2C. The summed E-state index contributed by atoms with van der Waals surface area (Å²) in [5.41, 5.74) is 1.99. The molecule has 1 heterocycles. The van der Waals surface area contributed by atoms with Crippen molar-refractivity contribution in [2.24, 2.45) is 0 Å². The van der Waals surface area contributed by atoms with E-state index in [2.05, 4.69) is 5.32 Å². The molecule has 0 radical (unpaired) electrons. The number of halogens is 1. The van der Waals surface area contributed by atoms with E-state index in [0.717, 1.165) is 0 Å². The number of nitrogens with one attached hydrogen (secondary N) is 1. The summed E-state index contributed by atoms with van der Waals surface area (Å²) < 4.78 is 0. The second-order valence-electron chi connectivity index (χ2n) is 3.84. The Bertz CT molecular complexity index is 510. The molecule has 1 aromatic rings. The highest BCUT2D eigenvalue weighted by molar-refractivity contribution is 6.35. The maximum absolute atomic E-state index is 11.5. The van der Waals surface area contributed by atoms with Gasteiger partial charge in [0.1, 0.15) is 0 Å². The lowest BCUT2D eigenvalue weighted by molar-refractivity contribution is -0.116. The van der Waals surface area contributed by atoms with Gasteiger partial charge < -0.3 is 10.4 Å². The zero-order chi connectivity index (χ0) is 12.0. The number of carbonyl (C=O) groups is 2. The molecule has 84 valence electrons. The Balaban J connectivity index is 2.71. The van der Waals surface area contributed by atoms with Crippen molar-refractivity contribution < 1.29 is 14.7 Å². The molecule has 0 fully saturated rings. The molecule has 2 N–H and O–H groups in total. The van der Waals surface area contributed by atoms with Crippen LogP contribution in [0, 0.1) is 6.92 Å². The van der Waals surface area contributed by atoms with Gasteiger partial charge in [0.25, 0.3) is 0 Å². The molecule has 5 heteroatoms.